The zero-order valence-corrected chi connectivity index (χ0v) is 30.1. The number of hydrogen-bond acceptors (Lipinski definition) is 14. The van der Waals surface area contributed by atoms with Crippen molar-refractivity contribution in [2.45, 2.75) is 100 Å². The zero-order chi connectivity index (χ0) is 36.6. The van der Waals surface area contributed by atoms with Crippen LogP contribution in [0.1, 0.15) is 89.0 Å². The van der Waals surface area contributed by atoms with Crippen LogP contribution >= 0.6 is 0 Å². The summed E-state index contributed by atoms with van der Waals surface area (Å²) in [5, 5.41) is 9.99. The highest BCUT2D eigenvalue weighted by molar-refractivity contribution is 5.76. The van der Waals surface area contributed by atoms with Crippen LogP contribution in [0.15, 0.2) is 0 Å². The first kappa shape index (κ1) is 43.7. The van der Waals surface area contributed by atoms with Crippen molar-refractivity contribution in [1.29, 1.82) is 0 Å². The molecule has 0 amide bonds. The number of carbonyl (C=O) groups is 6. The highest BCUT2D eigenvalue weighted by Gasteiger charge is 2.44. The largest absolute Gasteiger partial charge is 0.465 e. The van der Waals surface area contributed by atoms with Crippen LogP contribution in [0.25, 0.3) is 0 Å². The van der Waals surface area contributed by atoms with Crippen LogP contribution in [-0.4, -0.2) is 110 Å². The van der Waals surface area contributed by atoms with Gasteiger partial charge in [0.05, 0.1) is 29.8 Å². The number of hydrogen-bond donors (Lipinski definition) is 1. The van der Waals surface area contributed by atoms with Gasteiger partial charge in [-0.25, -0.2) is 0 Å². The third-order valence-electron chi connectivity index (χ3n) is 7.42. The van der Waals surface area contributed by atoms with Crippen molar-refractivity contribution < 1.29 is 62.3 Å². The molecule has 14 heteroatoms. The normalized spacial score (nSPS) is 12.8. The van der Waals surface area contributed by atoms with E-state index in [1.54, 1.807) is 20.8 Å². The van der Waals surface area contributed by atoms with Gasteiger partial charge in [-0.05, 0) is 54.4 Å². The van der Waals surface area contributed by atoms with Gasteiger partial charge >= 0.3 is 35.8 Å². The summed E-state index contributed by atoms with van der Waals surface area (Å²) in [6.07, 6.45) is 0.653. The first-order chi connectivity index (χ1) is 21.5. The summed E-state index contributed by atoms with van der Waals surface area (Å²) in [6.45, 7) is 17.5. The van der Waals surface area contributed by atoms with E-state index in [9.17, 15) is 33.9 Å². The van der Waals surface area contributed by atoms with E-state index in [0.717, 1.165) is 0 Å². The van der Waals surface area contributed by atoms with E-state index in [4.69, 9.17) is 28.4 Å². The fraction of sp³-hybridized carbons (Fsp3) is 0.818. The second-order valence-corrected chi connectivity index (χ2v) is 13.8. The lowest BCUT2D eigenvalue weighted by atomic mass is 9.76. The molecule has 0 aliphatic rings. The Kier molecular flexibility index (Phi) is 18.8. The summed E-state index contributed by atoms with van der Waals surface area (Å²) in [7, 11) is 0. The van der Waals surface area contributed by atoms with E-state index >= 15 is 0 Å². The average molecular weight is 676 g/mol. The summed E-state index contributed by atoms with van der Waals surface area (Å²) in [4.78, 5) is 73.4. The molecule has 0 aromatic heterocycles. The average Bonchev–Trinajstić information content (AvgIpc) is 2.93. The summed E-state index contributed by atoms with van der Waals surface area (Å²) < 4.78 is 31.2. The molecular formula is C33H57NO13. The summed E-state index contributed by atoms with van der Waals surface area (Å²) in [6, 6.07) is 0. The van der Waals surface area contributed by atoms with Gasteiger partial charge in [0, 0.05) is 45.3 Å². The van der Waals surface area contributed by atoms with Gasteiger partial charge in [-0.1, -0.05) is 6.92 Å². The fourth-order valence-electron chi connectivity index (χ4n) is 5.68. The Morgan fingerprint density at radius 1 is 0.596 bits per heavy atom. The van der Waals surface area contributed by atoms with E-state index < -0.39 is 70.1 Å². The van der Waals surface area contributed by atoms with Crippen molar-refractivity contribution in [3.05, 3.63) is 0 Å². The predicted octanol–water partition coefficient (Wildman–Crippen LogP) is 2.85. The standard InChI is InChI=1S/C33H57NO13/c1-22(29(40)46-19-27(15-42-23(2)36)16-43-24(3)37)14-32(8,9)34(12-13-35)33(10,11)21-31(6,7)30(41)47-20-28(17-44-25(4)38)18-45-26(5)39/h22,27-28,35H,12-21H2,1-11H3. The van der Waals surface area contributed by atoms with Gasteiger partial charge in [-0.3, -0.25) is 33.7 Å². The van der Waals surface area contributed by atoms with Crippen molar-refractivity contribution in [2.24, 2.45) is 23.2 Å². The molecule has 1 unspecified atom stereocenters. The molecule has 0 radical (unpaired) electrons. The molecule has 0 fully saturated rings. The highest BCUT2D eigenvalue weighted by Crippen LogP contribution is 2.38. The minimum atomic E-state index is -0.996. The van der Waals surface area contributed by atoms with E-state index in [1.165, 1.54) is 27.7 Å². The molecule has 1 N–H and O–H groups in total. The molecule has 0 heterocycles. The smallest absolute Gasteiger partial charge is 0.311 e. The van der Waals surface area contributed by atoms with Crippen molar-refractivity contribution in [1.82, 2.24) is 4.90 Å². The Hall–Kier alpha value is -3.26. The third kappa shape index (κ3) is 18.0. The molecule has 0 aromatic rings. The second kappa shape index (κ2) is 20.2. The maximum Gasteiger partial charge on any atom is 0.311 e. The van der Waals surface area contributed by atoms with Crippen LogP contribution in [0.2, 0.25) is 0 Å². The Morgan fingerprint density at radius 2 is 0.957 bits per heavy atom. The van der Waals surface area contributed by atoms with Crippen molar-refractivity contribution in [2.75, 3.05) is 52.8 Å². The van der Waals surface area contributed by atoms with Crippen molar-refractivity contribution in [3.8, 4) is 0 Å². The molecular weight excluding hydrogens is 618 g/mol. The molecule has 0 bridgehead atoms. The summed E-state index contributed by atoms with van der Waals surface area (Å²) in [5.74, 6) is -4.68. The van der Waals surface area contributed by atoms with E-state index in [0.29, 0.717) is 12.8 Å². The molecule has 1 atom stereocenters. The number of esters is 6. The summed E-state index contributed by atoms with van der Waals surface area (Å²) in [5.41, 5.74) is -2.32. The molecule has 0 aliphatic carbocycles. The lowest BCUT2D eigenvalue weighted by molar-refractivity contribution is -0.161. The molecule has 0 saturated carbocycles. The molecule has 0 aliphatic heterocycles. The van der Waals surface area contributed by atoms with Crippen LogP contribution < -0.4 is 0 Å². The lowest BCUT2D eigenvalue weighted by Gasteiger charge is -2.51. The molecule has 0 rings (SSSR count). The number of β-amino-alcohol motifs (C(OH)–C–C–N with tert-alkyl or cyclic N) is 1. The molecule has 14 nitrogen and oxygen atoms in total. The number of nitrogens with zero attached hydrogens (tertiary/aromatic N) is 1. The van der Waals surface area contributed by atoms with Gasteiger partial charge in [-0.15, -0.1) is 0 Å². The number of aliphatic hydroxyl groups excluding tert-OH is 1. The number of rotatable bonds is 22. The maximum atomic E-state index is 13.3. The minimum absolute atomic E-state index is 0.0779. The number of carbonyl (C=O) groups excluding carboxylic acids is 6. The first-order valence-electron chi connectivity index (χ1n) is 15.8. The van der Waals surface area contributed by atoms with Gasteiger partial charge in [0.1, 0.15) is 39.6 Å². The predicted molar refractivity (Wildman–Crippen MR) is 170 cm³/mol. The van der Waals surface area contributed by atoms with E-state index in [-0.39, 0.29) is 52.8 Å². The van der Waals surface area contributed by atoms with Gasteiger partial charge in [0.15, 0.2) is 0 Å². The van der Waals surface area contributed by atoms with Crippen molar-refractivity contribution in [3.63, 3.8) is 0 Å². The van der Waals surface area contributed by atoms with Crippen molar-refractivity contribution >= 4 is 35.8 Å². The van der Waals surface area contributed by atoms with Crippen LogP contribution in [0.5, 0.6) is 0 Å². The van der Waals surface area contributed by atoms with E-state index in [1.807, 2.05) is 32.6 Å². The molecule has 0 spiro atoms. The van der Waals surface area contributed by atoms with Crippen LogP contribution in [0, 0.1) is 23.2 Å². The minimum Gasteiger partial charge on any atom is -0.465 e. The van der Waals surface area contributed by atoms with Gasteiger partial charge < -0.3 is 33.5 Å². The fourth-order valence-corrected chi connectivity index (χ4v) is 5.68. The molecule has 0 aromatic carbocycles. The second-order valence-electron chi connectivity index (χ2n) is 13.8. The van der Waals surface area contributed by atoms with E-state index in [2.05, 4.69) is 0 Å². The zero-order valence-electron chi connectivity index (χ0n) is 30.1. The Labute approximate surface area is 279 Å². The first-order valence-corrected chi connectivity index (χ1v) is 15.8. The maximum absolute atomic E-state index is 13.3. The molecule has 0 saturated heterocycles. The Bertz CT molecular complexity index is 1020. The topological polar surface area (TPSA) is 181 Å². The van der Waals surface area contributed by atoms with Crippen LogP contribution in [0.3, 0.4) is 0 Å². The van der Waals surface area contributed by atoms with Gasteiger partial charge in [-0.2, -0.15) is 0 Å². The molecule has 272 valence electrons. The number of ether oxygens (including phenoxy) is 6. The monoisotopic (exact) mass is 675 g/mol. The van der Waals surface area contributed by atoms with Crippen LogP contribution in [-0.2, 0) is 57.2 Å². The molecule has 47 heavy (non-hydrogen) atoms. The number of aliphatic hydroxyl groups is 1. The van der Waals surface area contributed by atoms with Gasteiger partial charge in [0.2, 0.25) is 0 Å². The lowest BCUT2D eigenvalue weighted by Crippen LogP contribution is -2.59. The summed E-state index contributed by atoms with van der Waals surface area (Å²) >= 11 is 0. The third-order valence-corrected chi connectivity index (χ3v) is 7.42. The Balaban J connectivity index is 5.59. The SMILES string of the molecule is CC(=O)OCC(COC(C)=O)COC(=O)C(C)CC(C)(C)N(CCO)C(C)(C)CC(C)(C)C(=O)OCC(COC(C)=O)COC(C)=O. The highest BCUT2D eigenvalue weighted by atomic mass is 16.6. The Morgan fingerprint density at radius 3 is 1.32 bits per heavy atom. The van der Waals surface area contributed by atoms with Crippen LogP contribution in [0.4, 0.5) is 0 Å². The quantitative estimate of drug-likeness (QED) is 0.131. The van der Waals surface area contributed by atoms with Gasteiger partial charge in [0.25, 0.3) is 0 Å².